The van der Waals surface area contributed by atoms with Crippen LogP contribution in [-0.4, -0.2) is 50.9 Å². The molecule has 1 unspecified atom stereocenters. The molecule has 0 fully saturated rings. The maximum absolute atomic E-state index is 6.09. The lowest BCUT2D eigenvalue weighted by Crippen LogP contribution is -2.22. The molecule has 1 atom stereocenters. The van der Waals surface area contributed by atoms with Crippen molar-refractivity contribution < 1.29 is 9.47 Å². The van der Waals surface area contributed by atoms with Crippen LogP contribution in [0, 0.1) is 13.8 Å². The number of aromatic nitrogens is 9. The minimum atomic E-state index is 0.526. The minimum Gasteiger partial charge on any atom is -0.457 e. The summed E-state index contributed by atoms with van der Waals surface area (Å²) in [6.07, 6.45) is 7.70. The van der Waals surface area contributed by atoms with E-state index in [-0.39, 0.29) is 0 Å². The summed E-state index contributed by atoms with van der Waals surface area (Å²) in [6.45, 7) is 20.7. The van der Waals surface area contributed by atoms with Gasteiger partial charge in [0.2, 0.25) is 0 Å². The molecule has 75 heavy (non-hydrogen) atoms. The smallest absolute Gasteiger partial charge is 0.157 e. The number of benzene rings is 6. The Balaban J connectivity index is 0.000000155. The number of H-pyrrole nitrogens is 4. The second kappa shape index (κ2) is 23.4. The average Bonchev–Trinajstić information content (AvgIpc) is 4.24. The standard InChI is InChI=1S/C28H22N4O2.C25H25N5.C10H19N/c1-17-3-7-20(8-4-17)33-21-9-5-19(6-10-21)28-31-25-14-12-23(16-27(25)32-28)34-22-11-13-24-26(15-22)30-18(2)29-24;1-3-5-7-17-11-13-19-23(15-17)30-25(28-19)21-9-6-8-20(26-21)24-27-18-12-10-16(4-2)14-22(18)29-24;1-6-9(4)11-10(5)7-8(2)3/h3-16H,1-2H3,(H,29,30)(H,31,32);6,8-15H,3-5,7H2,1-2H3,(H,27,29)(H,28,30);7,9,11H,5-6H2,1-4H3. The molecule has 0 aliphatic heterocycles. The third-order valence-electron chi connectivity index (χ3n) is 12.7. The van der Waals surface area contributed by atoms with Gasteiger partial charge in [0.25, 0.3) is 0 Å². The highest BCUT2D eigenvalue weighted by atomic mass is 16.5. The lowest BCUT2D eigenvalue weighted by Gasteiger charge is -2.12. The van der Waals surface area contributed by atoms with Crippen molar-refractivity contribution in [3.05, 3.63) is 186 Å². The molecule has 5 heterocycles. The largest absolute Gasteiger partial charge is 0.457 e. The predicted octanol–water partition coefficient (Wildman–Crippen LogP) is 16.2. The molecule has 0 radical (unpaired) electrons. The first-order chi connectivity index (χ1) is 36.4. The highest BCUT2D eigenvalue weighted by Crippen LogP contribution is 2.31. The van der Waals surface area contributed by atoms with Gasteiger partial charge >= 0.3 is 0 Å². The van der Waals surface area contributed by atoms with E-state index in [4.69, 9.17) is 29.4 Å². The first kappa shape index (κ1) is 51.1. The van der Waals surface area contributed by atoms with E-state index in [9.17, 15) is 0 Å². The first-order valence-electron chi connectivity index (χ1n) is 25.9. The number of imidazole rings is 4. The van der Waals surface area contributed by atoms with Gasteiger partial charge in [-0.1, -0.05) is 75.2 Å². The number of aromatic amines is 4. The molecule has 0 saturated heterocycles. The van der Waals surface area contributed by atoms with Gasteiger partial charge < -0.3 is 34.7 Å². The fraction of sp³-hybridized carbons (Fsp3) is 0.222. The van der Waals surface area contributed by atoms with Crippen molar-refractivity contribution in [1.82, 2.24) is 50.2 Å². The Labute approximate surface area is 438 Å². The molecule has 12 nitrogen and oxygen atoms in total. The number of pyridine rings is 1. The molecule has 0 bridgehead atoms. The van der Waals surface area contributed by atoms with E-state index in [2.05, 4.69) is 128 Å². The monoisotopic (exact) mass is 995 g/mol. The van der Waals surface area contributed by atoms with Crippen LogP contribution in [0.1, 0.15) is 83.3 Å². The number of allylic oxidation sites excluding steroid dienone is 2. The third-order valence-corrected chi connectivity index (χ3v) is 12.7. The van der Waals surface area contributed by atoms with Crippen molar-refractivity contribution in [1.29, 1.82) is 0 Å². The summed E-state index contributed by atoms with van der Waals surface area (Å²) in [5, 5.41) is 3.29. The van der Waals surface area contributed by atoms with E-state index in [0.717, 1.165) is 132 Å². The van der Waals surface area contributed by atoms with Gasteiger partial charge in [0.1, 0.15) is 46.0 Å². The molecule has 0 amide bonds. The Bertz CT molecular complexity index is 3740. The van der Waals surface area contributed by atoms with Gasteiger partial charge in [0.05, 0.1) is 44.1 Å². The van der Waals surface area contributed by atoms with E-state index in [0.29, 0.717) is 6.04 Å². The number of hydrogen-bond acceptors (Lipinski definition) is 8. The lowest BCUT2D eigenvalue weighted by molar-refractivity contribution is 0.482. The van der Waals surface area contributed by atoms with Gasteiger partial charge in [0.15, 0.2) is 11.6 Å². The number of ether oxygens (including phenoxy) is 2. The second-order valence-corrected chi connectivity index (χ2v) is 19.2. The third kappa shape index (κ3) is 13.1. The number of hydrogen-bond donors (Lipinski definition) is 5. The zero-order valence-electron chi connectivity index (χ0n) is 44.2. The Morgan fingerprint density at radius 1 is 0.560 bits per heavy atom. The number of nitrogens with one attached hydrogen (secondary N) is 5. The normalized spacial score (nSPS) is 11.5. The Kier molecular flexibility index (Phi) is 16.0. The van der Waals surface area contributed by atoms with E-state index in [1.54, 1.807) is 0 Å². The van der Waals surface area contributed by atoms with Crippen LogP contribution >= 0.6 is 0 Å². The van der Waals surface area contributed by atoms with E-state index in [1.807, 2.05) is 110 Å². The van der Waals surface area contributed by atoms with Gasteiger partial charge in [-0.05, 0) is 175 Å². The summed E-state index contributed by atoms with van der Waals surface area (Å²) in [6, 6.07) is 46.9. The highest BCUT2D eigenvalue weighted by molar-refractivity contribution is 5.83. The van der Waals surface area contributed by atoms with Crippen LogP contribution in [0.15, 0.2) is 163 Å². The molecule has 6 aromatic carbocycles. The quantitative estimate of drug-likeness (QED) is 0.0635. The first-order valence-corrected chi connectivity index (χ1v) is 25.9. The molecule has 0 aliphatic carbocycles. The van der Waals surface area contributed by atoms with Crippen molar-refractivity contribution >= 4 is 44.1 Å². The molecular weight excluding hydrogens is 929 g/mol. The van der Waals surface area contributed by atoms with Crippen LogP contribution < -0.4 is 14.8 Å². The maximum atomic E-state index is 6.09. The number of nitrogens with zero attached hydrogens (tertiary/aromatic N) is 5. The van der Waals surface area contributed by atoms with Crippen LogP contribution in [0.3, 0.4) is 0 Å². The number of fused-ring (bicyclic) bond motifs is 4. The molecule has 5 aromatic heterocycles. The van der Waals surface area contributed by atoms with Crippen molar-refractivity contribution in [2.75, 3.05) is 0 Å². The summed E-state index contributed by atoms with van der Waals surface area (Å²) in [5.41, 5.74) is 16.4. The molecule has 11 aromatic rings. The van der Waals surface area contributed by atoms with Crippen LogP contribution in [0.5, 0.6) is 23.0 Å². The van der Waals surface area contributed by atoms with E-state index in [1.165, 1.54) is 35.1 Å². The molecule has 0 saturated carbocycles. The van der Waals surface area contributed by atoms with Gasteiger partial charge in [0, 0.05) is 29.4 Å². The van der Waals surface area contributed by atoms with E-state index < -0.39 is 0 Å². The Hall–Kier alpha value is -8.77. The van der Waals surface area contributed by atoms with Crippen molar-refractivity contribution in [3.8, 4) is 57.4 Å². The zero-order valence-corrected chi connectivity index (χ0v) is 44.2. The van der Waals surface area contributed by atoms with Crippen molar-refractivity contribution in [3.63, 3.8) is 0 Å². The van der Waals surface area contributed by atoms with Crippen LogP contribution in [0.25, 0.3) is 78.6 Å². The number of aryl methyl sites for hydroxylation is 4. The second-order valence-electron chi connectivity index (χ2n) is 19.2. The lowest BCUT2D eigenvalue weighted by atomic mass is 10.1. The SMILES string of the molecule is C=C(C=C(C)C)NC(C)CC.CCCCc1ccc2nc(-c3cccc(-c4nc5ccc(CC)cc5[nH]4)n3)[nH]c2c1.Cc1ccc(Oc2ccc(-c3nc4ccc(Oc5ccc6nc(C)[nH]c6c5)cc4[nH]3)cc2)cc1. The fourth-order valence-corrected chi connectivity index (χ4v) is 8.55. The zero-order chi connectivity index (χ0) is 52.4. The molecule has 0 aliphatic rings. The van der Waals surface area contributed by atoms with Gasteiger partial charge in [-0.2, -0.15) is 0 Å². The number of unbranched alkanes of at least 4 members (excludes halogenated alkanes) is 1. The molecule has 5 N–H and O–H groups in total. The minimum absolute atomic E-state index is 0.526. The molecule has 380 valence electrons. The van der Waals surface area contributed by atoms with Crippen LogP contribution in [0.2, 0.25) is 0 Å². The van der Waals surface area contributed by atoms with Crippen molar-refractivity contribution in [2.45, 2.75) is 93.5 Å². The van der Waals surface area contributed by atoms with Gasteiger partial charge in [-0.3, -0.25) is 0 Å². The summed E-state index contributed by atoms with van der Waals surface area (Å²) >= 11 is 0. The Morgan fingerprint density at radius 3 is 1.64 bits per heavy atom. The molecule has 12 heteroatoms. The van der Waals surface area contributed by atoms with Gasteiger partial charge in [-0.25, -0.2) is 24.9 Å². The summed E-state index contributed by atoms with van der Waals surface area (Å²) in [7, 11) is 0. The summed E-state index contributed by atoms with van der Waals surface area (Å²) < 4.78 is 12.0. The maximum Gasteiger partial charge on any atom is 0.157 e. The number of rotatable bonds is 15. The summed E-state index contributed by atoms with van der Waals surface area (Å²) in [5.74, 6) is 6.32. The predicted molar refractivity (Wildman–Crippen MR) is 308 cm³/mol. The molecular formula is C63H66N10O2. The average molecular weight is 995 g/mol. The van der Waals surface area contributed by atoms with E-state index >= 15 is 0 Å². The molecule has 11 rings (SSSR count). The Morgan fingerprint density at radius 2 is 1.05 bits per heavy atom. The van der Waals surface area contributed by atoms with Crippen molar-refractivity contribution in [2.24, 2.45) is 0 Å². The summed E-state index contributed by atoms with van der Waals surface area (Å²) in [4.78, 5) is 37.0. The topological polar surface area (TPSA) is 158 Å². The van der Waals surface area contributed by atoms with Crippen LogP contribution in [0.4, 0.5) is 0 Å². The van der Waals surface area contributed by atoms with Crippen LogP contribution in [-0.2, 0) is 12.8 Å². The fourth-order valence-electron chi connectivity index (χ4n) is 8.55. The molecule has 0 spiro atoms. The van der Waals surface area contributed by atoms with Gasteiger partial charge in [-0.15, -0.1) is 0 Å². The highest BCUT2D eigenvalue weighted by Gasteiger charge is 2.13.